The second kappa shape index (κ2) is 7.95. The maximum absolute atomic E-state index is 11.7. The number of nitrogens with one attached hydrogen (secondary N) is 1. The van der Waals surface area contributed by atoms with E-state index in [1.165, 1.54) is 0 Å². The van der Waals surface area contributed by atoms with Crippen molar-refractivity contribution in [3.05, 3.63) is 0 Å². The van der Waals surface area contributed by atoms with Gasteiger partial charge in [-0.05, 0) is 6.42 Å². The first kappa shape index (κ1) is 10.8. The summed E-state index contributed by atoms with van der Waals surface area (Å²) in [5.74, 6) is 0. The molecule has 0 heterocycles. The van der Waals surface area contributed by atoms with Crippen LogP contribution in [0.1, 0.15) is 19.8 Å². The molecule has 0 aliphatic rings. The van der Waals surface area contributed by atoms with Crippen LogP contribution in [0.15, 0.2) is 0 Å². The molecule has 0 saturated carbocycles. The fourth-order valence-corrected chi connectivity index (χ4v) is 1.05. The Morgan fingerprint density at radius 1 is 1.55 bits per heavy atom. The number of rotatable bonds is 7. The van der Waals surface area contributed by atoms with E-state index in [4.69, 9.17) is 4.74 Å². The molecular weight excluding hydrogens is 145 g/mol. The second-order valence-electron chi connectivity index (χ2n) is 2.58. The summed E-state index contributed by atoms with van der Waals surface area (Å²) in [4.78, 5) is 0. The number of alkyl halides is 1. The third-order valence-corrected chi connectivity index (χ3v) is 1.53. The Labute approximate surface area is 68.1 Å². The number of ether oxygens (including phenoxy) is 1. The van der Waals surface area contributed by atoms with Gasteiger partial charge in [-0.25, -0.2) is 4.39 Å². The minimum atomic E-state index is -0.302. The number of hydrogen-bond donors (Lipinski definition) is 1. The summed E-state index contributed by atoms with van der Waals surface area (Å²) >= 11 is 0. The zero-order valence-corrected chi connectivity index (χ0v) is 7.40. The summed E-state index contributed by atoms with van der Waals surface area (Å²) in [6.07, 6.45) is 2.15. The smallest absolute Gasteiger partial charge is 0.102 e. The first-order valence-corrected chi connectivity index (χ1v) is 4.13. The zero-order valence-electron chi connectivity index (χ0n) is 7.40. The van der Waals surface area contributed by atoms with E-state index in [-0.39, 0.29) is 6.67 Å². The van der Waals surface area contributed by atoms with Gasteiger partial charge in [0.2, 0.25) is 0 Å². The van der Waals surface area contributed by atoms with Crippen LogP contribution < -0.4 is 5.32 Å². The van der Waals surface area contributed by atoms with E-state index in [0.29, 0.717) is 19.2 Å². The minimum absolute atomic E-state index is 0.302. The average Bonchev–Trinajstić information content (AvgIpc) is 2.01. The molecule has 0 bridgehead atoms. The largest absolute Gasteiger partial charge is 0.383 e. The van der Waals surface area contributed by atoms with Crippen molar-refractivity contribution in [2.45, 2.75) is 25.8 Å². The molecular formula is C8H18FNO. The van der Waals surface area contributed by atoms with Gasteiger partial charge in [-0.2, -0.15) is 0 Å². The molecule has 0 amide bonds. The number of halogens is 1. The van der Waals surface area contributed by atoms with Crippen molar-refractivity contribution in [1.29, 1.82) is 0 Å². The van der Waals surface area contributed by atoms with Crippen LogP contribution in [0, 0.1) is 0 Å². The van der Waals surface area contributed by atoms with E-state index >= 15 is 0 Å². The Hall–Kier alpha value is -0.150. The summed E-state index contributed by atoms with van der Waals surface area (Å²) in [5.41, 5.74) is 0. The molecule has 11 heavy (non-hydrogen) atoms. The van der Waals surface area contributed by atoms with Crippen LogP contribution in [-0.4, -0.2) is 33.0 Å². The average molecular weight is 163 g/mol. The summed E-state index contributed by atoms with van der Waals surface area (Å²) in [6, 6.07) is 0.320. The van der Waals surface area contributed by atoms with Crippen molar-refractivity contribution in [3.63, 3.8) is 0 Å². The minimum Gasteiger partial charge on any atom is -0.383 e. The molecule has 0 spiro atoms. The topological polar surface area (TPSA) is 21.3 Å². The second-order valence-corrected chi connectivity index (χ2v) is 2.58. The quantitative estimate of drug-likeness (QED) is 0.612. The highest BCUT2D eigenvalue weighted by Crippen LogP contribution is 1.96. The van der Waals surface area contributed by atoms with Crippen molar-refractivity contribution in [2.75, 3.05) is 26.9 Å². The normalized spacial score (nSPS) is 13.4. The Morgan fingerprint density at radius 2 is 2.27 bits per heavy atom. The molecule has 0 saturated heterocycles. The SMILES string of the molecule is CCCC(COC)NCCF. The van der Waals surface area contributed by atoms with Crippen molar-refractivity contribution < 1.29 is 9.13 Å². The molecule has 0 aliphatic heterocycles. The Morgan fingerprint density at radius 3 is 2.73 bits per heavy atom. The lowest BCUT2D eigenvalue weighted by Crippen LogP contribution is -2.34. The molecule has 0 radical (unpaired) electrons. The Bertz CT molecular complexity index is 74.5. The van der Waals surface area contributed by atoms with Crippen LogP contribution in [0.3, 0.4) is 0 Å². The van der Waals surface area contributed by atoms with Gasteiger partial charge < -0.3 is 10.1 Å². The van der Waals surface area contributed by atoms with Crippen LogP contribution in [-0.2, 0) is 4.74 Å². The van der Waals surface area contributed by atoms with Gasteiger partial charge in [-0.3, -0.25) is 0 Å². The van der Waals surface area contributed by atoms with Crippen molar-refractivity contribution in [2.24, 2.45) is 0 Å². The molecule has 0 fully saturated rings. The standard InChI is InChI=1S/C8H18FNO/c1-3-4-8(7-11-2)10-6-5-9/h8,10H,3-7H2,1-2H3. The van der Waals surface area contributed by atoms with Crippen molar-refractivity contribution >= 4 is 0 Å². The molecule has 0 aromatic carbocycles. The zero-order chi connectivity index (χ0) is 8.53. The van der Waals surface area contributed by atoms with E-state index < -0.39 is 0 Å². The van der Waals surface area contributed by atoms with Gasteiger partial charge in [0.25, 0.3) is 0 Å². The van der Waals surface area contributed by atoms with E-state index in [1.54, 1.807) is 7.11 Å². The fraction of sp³-hybridized carbons (Fsp3) is 1.00. The number of hydrogen-bond acceptors (Lipinski definition) is 2. The third-order valence-electron chi connectivity index (χ3n) is 1.53. The van der Waals surface area contributed by atoms with Crippen LogP contribution in [0.4, 0.5) is 4.39 Å². The van der Waals surface area contributed by atoms with Crippen molar-refractivity contribution in [3.8, 4) is 0 Å². The highest BCUT2D eigenvalue weighted by atomic mass is 19.1. The van der Waals surface area contributed by atoms with Crippen LogP contribution in [0.25, 0.3) is 0 Å². The van der Waals surface area contributed by atoms with Gasteiger partial charge in [0.05, 0.1) is 6.61 Å². The number of methoxy groups -OCH3 is 1. The van der Waals surface area contributed by atoms with Gasteiger partial charge >= 0.3 is 0 Å². The lowest BCUT2D eigenvalue weighted by molar-refractivity contribution is 0.161. The maximum atomic E-state index is 11.7. The highest BCUT2D eigenvalue weighted by Gasteiger charge is 2.04. The van der Waals surface area contributed by atoms with Crippen LogP contribution in [0.5, 0.6) is 0 Å². The van der Waals surface area contributed by atoms with Gasteiger partial charge in [-0.15, -0.1) is 0 Å². The molecule has 1 N–H and O–H groups in total. The summed E-state index contributed by atoms with van der Waals surface area (Å²) in [6.45, 7) is 2.92. The lowest BCUT2D eigenvalue weighted by atomic mass is 10.2. The predicted octanol–water partition coefficient (Wildman–Crippen LogP) is 1.36. The van der Waals surface area contributed by atoms with E-state index in [0.717, 1.165) is 12.8 Å². The summed E-state index contributed by atoms with van der Waals surface area (Å²) < 4.78 is 16.7. The Balaban J connectivity index is 3.34. The maximum Gasteiger partial charge on any atom is 0.102 e. The lowest BCUT2D eigenvalue weighted by Gasteiger charge is -2.15. The first-order valence-electron chi connectivity index (χ1n) is 4.13. The molecule has 1 atom stereocenters. The molecule has 3 heteroatoms. The van der Waals surface area contributed by atoms with Crippen LogP contribution in [0.2, 0.25) is 0 Å². The van der Waals surface area contributed by atoms with Gasteiger partial charge in [0.15, 0.2) is 0 Å². The monoisotopic (exact) mass is 163 g/mol. The van der Waals surface area contributed by atoms with E-state index in [9.17, 15) is 4.39 Å². The third kappa shape index (κ3) is 6.26. The summed E-state index contributed by atoms with van der Waals surface area (Å²) in [5, 5.41) is 3.07. The molecule has 0 aromatic heterocycles. The summed E-state index contributed by atoms with van der Waals surface area (Å²) in [7, 11) is 1.67. The van der Waals surface area contributed by atoms with Gasteiger partial charge in [0.1, 0.15) is 6.67 Å². The first-order chi connectivity index (χ1) is 5.35. The molecule has 1 unspecified atom stereocenters. The highest BCUT2D eigenvalue weighted by molar-refractivity contribution is 4.64. The van der Waals surface area contributed by atoms with Gasteiger partial charge in [-0.1, -0.05) is 13.3 Å². The fourth-order valence-electron chi connectivity index (χ4n) is 1.05. The van der Waals surface area contributed by atoms with Crippen LogP contribution >= 0.6 is 0 Å². The molecule has 0 aromatic rings. The Kier molecular flexibility index (Phi) is 7.84. The molecule has 2 nitrogen and oxygen atoms in total. The van der Waals surface area contributed by atoms with E-state index in [2.05, 4.69) is 12.2 Å². The molecule has 0 aliphatic carbocycles. The van der Waals surface area contributed by atoms with Gasteiger partial charge in [0, 0.05) is 19.7 Å². The molecule has 68 valence electrons. The molecule has 0 rings (SSSR count). The van der Waals surface area contributed by atoms with E-state index in [1.807, 2.05) is 0 Å². The van der Waals surface area contributed by atoms with Crippen molar-refractivity contribution in [1.82, 2.24) is 5.32 Å². The predicted molar refractivity (Wildman–Crippen MR) is 44.5 cm³/mol.